The molecule has 0 bridgehead atoms. The first-order valence-corrected chi connectivity index (χ1v) is 6.57. The van der Waals surface area contributed by atoms with Crippen LogP contribution in [0.2, 0.25) is 0 Å². The lowest BCUT2D eigenvalue weighted by Crippen LogP contribution is -2.28. The predicted molar refractivity (Wildman–Crippen MR) is 76.5 cm³/mol. The third-order valence-corrected chi connectivity index (χ3v) is 4.82. The van der Waals surface area contributed by atoms with Crippen LogP contribution in [-0.2, 0) is 4.33 Å². The van der Waals surface area contributed by atoms with Gasteiger partial charge in [0.1, 0.15) is 0 Å². The Morgan fingerprint density at radius 3 is 2.29 bits per heavy atom. The van der Waals surface area contributed by atoms with Crippen molar-refractivity contribution < 1.29 is 0 Å². The molecule has 0 heterocycles. The van der Waals surface area contributed by atoms with E-state index in [1.165, 1.54) is 0 Å². The van der Waals surface area contributed by atoms with Crippen LogP contribution in [0.25, 0.3) is 10.8 Å². The molecule has 0 saturated carbocycles. The highest BCUT2D eigenvalue weighted by molar-refractivity contribution is 6.75. The quantitative estimate of drug-likeness (QED) is 0.595. The lowest BCUT2D eigenvalue weighted by molar-refractivity contribution is 0.880. The topological polar surface area (TPSA) is 0 Å². The molecule has 0 aliphatic heterocycles. The van der Waals surface area contributed by atoms with Crippen molar-refractivity contribution in [2.75, 3.05) is 0 Å². The minimum atomic E-state index is -1.81. The van der Waals surface area contributed by atoms with Gasteiger partial charge in [0.15, 0.2) is 4.33 Å². The summed E-state index contributed by atoms with van der Waals surface area (Å²) in [7, 11) is 0. The molecule has 2 aromatic rings. The maximum atomic E-state index is 6.09. The third-order valence-electron chi connectivity index (χ3n) is 2.38. The molecule has 0 spiro atoms. The second kappa shape index (κ2) is 4.68. The minimum absolute atomic E-state index is 0.524. The fraction of sp³-hybridized carbons (Fsp3) is 0.167. The smallest absolute Gasteiger partial charge is 0.0915 e. The average molecular weight is 327 g/mol. The highest BCUT2D eigenvalue weighted by Crippen LogP contribution is 2.53. The normalized spacial score (nSPS) is 13.0. The molecule has 0 aliphatic rings. The lowest BCUT2D eigenvalue weighted by atomic mass is 10.1. The van der Waals surface area contributed by atoms with Crippen LogP contribution in [0.15, 0.2) is 36.4 Å². The molecule has 0 unspecified atom stereocenters. The van der Waals surface area contributed by atoms with Gasteiger partial charge in [-0.1, -0.05) is 88.3 Å². The van der Waals surface area contributed by atoms with Crippen LogP contribution in [0.4, 0.5) is 0 Å². The molecule has 2 aromatic carbocycles. The standard InChI is InChI=1S/C12H6Cl5/c13-11(14,12(15,16)17)10-6-5-8-3-1-2-4-9(8)7-10/h1-3,5-7H. The SMILES string of the molecule is ClC(Cl)(Cl)C(Cl)(Cl)c1ccc2ccc[c]c2c1. The maximum Gasteiger partial charge on any atom is 0.227 e. The summed E-state index contributed by atoms with van der Waals surface area (Å²) in [6, 6.07) is 14.1. The first kappa shape index (κ1) is 13.6. The van der Waals surface area contributed by atoms with Crippen molar-refractivity contribution in [2.45, 2.75) is 8.13 Å². The van der Waals surface area contributed by atoms with E-state index in [0.717, 1.165) is 10.8 Å². The van der Waals surface area contributed by atoms with Gasteiger partial charge in [0.05, 0.1) is 0 Å². The molecule has 1 radical (unpaired) electrons. The molecular weight excluding hydrogens is 321 g/mol. The summed E-state index contributed by atoms with van der Waals surface area (Å²) in [6.07, 6.45) is 0. The fourth-order valence-corrected chi connectivity index (χ4v) is 2.04. The average Bonchev–Trinajstić information content (AvgIpc) is 2.27. The van der Waals surface area contributed by atoms with E-state index in [1.807, 2.05) is 18.2 Å². The van der Waals surface area contributed by atoms with E-state index in [4.69, 9.17) is 58.0 Å². The number of fused-ring (bicyclic) bond motifs is 1. The molecule has 89 valence electrons. The van der Waals surface area contributed by atoms with Crippen molar-refractivity contribution in [3.05, 3.63) is 48.0 Å². The van der Waals surface area contributed by atoms with Crippen molar-refractivity contribution in [3.8, 4) is 0 Å². The number of benzene rings is 2. The maximum absolute atomic E-state index is 6.09. The Hall–Kier alpha value is 0.150. The zero-order chi connectivity index (χ0) is 12.7. The van der Waals surface area contributed by atoms with Gasteiger partial charge < -0.3 is 0 Å². The Kier molecular flexibility index (Phi) is 3.74. The Bertz CT molecular complexity index is 542. The second-order valence-electron chi connectivity index (χ2n) is 3.54. The van der Waals surface area contributed by atoms with Crippen LogP contribution >= 0.6 is 58.0 Å². The molecular formula is C12H6Cl5. The van der Waals surface area contributed by atoms with Gasteiger partial charge in [0, 0.05) is 0 Å². The zero-order valence-corrected chi connectivity index (χ0v) is 12.1. The number of hydrogen-bond donors (Lipinski definition) is 0. The van der Waals surface area contributed by atoms with Crippen LogP contribution in [0.1, 0.15) is 5.56 Å². The Morgan fingerprint density at radius 2 is 1.65 bits per heavy atom. The molecule has 2 rings (SSSR count). The van der Waals surface area contributed by atoms with Gasteiger partial charge in [0.25, 0.3) is 0 Å². The van der Waals surface area contributed by atoms with E-state index < -0.39 is 8.13 Å². The molecule has 0 saturated heterocycles. The highest BCUT2D eigenvalue weighted by atomic mass is 35.6. The van der Waals surface area contributed by atoms with E-state index in [2.05, 4.69) is 6.07 Å². The van der Waals surface area contributed by atoms with Gasteiger partial charge in [-0.3, -0.25) is 0 Å². The number of alkyl halides is 5. The Morgan fingerprint density at radius 1 is 0.941 bits per heavy atom. The van der Waals surface area contributed by atoms with Crippen LogP contribution in [0.5, 0.6) is 0 Å². The number of rotatable bonds is 1. The minimum Gasteiger partial charge on any atom is -0.0915 e. The molecule has 0 fully saturated rings. The van der Waals surface area contributed by atoms with Crippen molar-refractivity contribution in [2.24, 2.45) is 0 Å². The second-order valence-corrected chi connectivity index (χ2v) is 7.15. The molecule has 0 aliphatic carbocycles. The van der Waals surface area contributed by atoms with Crippen molar-refractivity contribution in [1.29, 1.82) is 0 Å². The van der Waals surface area contributed by atoms with Crippen LogP contribution in [-0.4, -0.2) is 3.79 Å². The first-order chi connectivity index (χ1) is 7.82. The van der Waals surface area contributed by atoms with Crippen LogP contribution < -0.4 is 0 Å². The Labute approximate surface area is 124 Å². The number of hydrogen-bond acceptors (Lipinski definition) is 0. The predicted octanol–water partition coefficient (Wildman–Crippen LogP) is 5.64. The van der Waals surface area contributed by atoms with E-state index >= 15 is 0 Å². The summed E-state index contributed by atoms with van der Waals surface area (Å²) in [5.74, 6) is 0. The summed E-state index contributed by atoms with van der Waals surface area (Å²) in [5.41, 5.74) is 0.524. The Balaban J connectivity index is 2.57. The van der Waals surface area contributed by atoms with E-state index in [1.54, 1.807) is 18.2 Å². The molecule has 17 heavy (non-hydrogen) atoms. The van der Waals surface area contributed by atoms with Crippen molar-refractivity contribution in [1.82, 2.24) is 0 Å². The third kappa shape index (κ3) is 2.62. The van der Waals surface area contributed by atoms with Gasteiger partial charge >= 0.3 is 0 Å². The summed E-state index contributed by atoms with van der Waals surface area (Å²) in [5, 5.41) is 1.88. The fourth-order valence-electron chi connectivity index (χ4n) is 1.48. The van der Waals surface area contributed by atoms with Crippen LogP contribution in [0.3, 0.4) is 0 Å². The van der Waals surface area contributed by atoms with E-state index in [9.17, 15) is 0 Å². The summed E-state index contributed by atoms with van der Waals surface area (Å²) in [6.45, 7) is 0. The van der Waals surface area contributed by atoms with Gasteiger partial charge in [-0.15, -0.1) is 0 Å². The van der Waals surface area contributed by atoms with Gasteiger partial charge in [0.2, 0.25) is 3.79 Å². The van der Waals surface area contributed by atoms with Gasteiger partial charge in [-0.25, -0.2) is 0 Å². The molecule has 0 aromatic heterocycles. The molecule has 0 amide bonds. The summed E-state index contributed by atoms with van der Waals surface area (Å²) < 4.78 is -3.41. The summed E-state index contributed by atoms with van der Waals surface area (Å²) >= 11 is 29.5. The van der Waals surface area contributed by atoms with E-state index in [0.29, 0.717) is 5.56 Å². The van der Waals surface area contributed by atoms with Crippen LogP contribution in [0, 0.1) is 6.07 Å². The van der Waals surface area contributed by atoms with Gasteiger partial charge in [-0.05, 0) is 28.5 Å². The molecule has 0 nitrogen and oxygen atoms in total. The summed E-state index contributed by atoms with van der Waals surface area (Å²) in [4.78, 5) is 0. The highest BCUT2D eigenvalue weighted by Gasteiger charge is 2.47. The molecule has 5 heteroatoms. The van der Waals surface area contributed by atoms with E-state index in [-0.39, 0.29) is 0 Å². The molecule has 0 N–H and O–H groups in total. The van der Waals surface area contributed by atoms with Crippen molar-refractivity contribution >= 4 is 68.8 Å². The lowest BCUT2D eigenvalue weighted by Gasteiger charge is -2.27. The largest absolute Gasteiger partial charge is 0.227 e. The monoisotopic (exact) mass is 325 g/mol. The number of halogens is 5. The zero-order valence-electron chi connectivity index (χ0n) is 8.35. The van der Waals surface area contributed by atoms with Crippen molar-refractivity contribution in [3.63, 3.8) is 0 Å². The molecule has 0 atom stereocenters. The first-order valence-electron chi connectivity index (χ1n) is 4.68. The van der Waals surface area contributed by atoms with Gasteiger partial charge in [-0.2, -0.15) is 0 Å².